The van der Waals surface area contributed by atoms with Crippen LogP contribution in [0.3, 0.4) is 0 Å². The van der Waals surface area contributed by atoms with E-state index in [1.807, 2.05) is 43.3 Å². The normalized spacial score (nSPS) is 12.4. The van der Waals surface area contributed by atoms with Crippen molar-refractivity contribution in [2.24, 2.45) is 0 Å². The number of methoxy groups -OCH3 is 1. The van der Waals surface area contributed by atoms with Crippen molar-refractivity contribution in [3.05, 3.63) is 60.3 Å². The van der Waals surface area contributed by atoms with Crippen molar-refractivity contribution in [1.82, 2.24) is 10.3 Å². The molecule has 2 N–H and O–H groups in total. The SMILES string of the molecule is CC[C@H](NC(=S)Nc1ccc(OC)c2ncccc12)c1ccc(S(C)(=O)=O)cc1. The molecule has 0 bridgehead atoms. The van der Waals surface area contributed by atoms with Crippen LogP contribution >= 0.6 is 12.2 Å². The maximum Gasteiger partial charge on any atom is 0.175 e. The third-order valence-electron chi connectivity index (χ3n) is 4.62. The van der Waals surface area contributed by atoms with Gasteiger partial charge in [0.25, 0.3) is 0 Å². The molecule has 0 aliphatic carbocycles. The Morgan fingerprint density at radius 1 is 1.17 bits per heavy atom. The first-order valence-electron chi connectivity index (χ1n) is 9.12. The minimum atomic E-state index is -3.22. The second-order valence-electron chi connectivity index (χ2n) is 6.62. The summed E-state index contributed by atoms with van der Waals surface area (Å²) in [5.41, 5.74) is 2.55. The summed E-state index contributed by atoms with van der Waals surface area (Å²) < 4.78 is 28.7. The number of nitrogens with one attached hydrogen (secondary N) is 2. The minimum absolute atomic E-state index is 0.0498. The number of fused-ring (bicyclic) bond motifs is 1. The molecule has 8 heteroatoms. The smallest absolute Gasteiger partial charge is 0.175 e. The molecule has 0 unspecified atom stereocenters. The number of rotatable bonds is 6. The Bertz CT molecular complexity index is 1130. The molecule has 2 aromatic carbocycles. The lowest BCUT2D eigenvalue weighted by Gasteiger charge is -2.21. The van der Waals surface area contributed by atoms with Crippen molar-refractivity contribution in [3.63, 3.8) is 0 Å². The van der Waals surface area contributed by atoms with Gasteiger partial charge >= 0.3 is 0 Å². The first kappa shape index (κ1) is 21.0. The molecule has 1 heterocycles. The third-order valence-corrected chi connectivity index (χ3v) is 5.97. The molecule has 0 saturated carbocycles. The van der Waals surface area contributed by atoms with Gasteiger partial charge in [0.15, 0.2) is 14.9 Å². The molecule has 1 aromatic heterocycles. The summed E-state index contributed by atoms with van der Waals surface area (Å²) in [6.07, 6.45) is 3.70. The molecule has 0 radical (unpaired) electrons. The van der Waals surface area contributed by atoms with E-state index >= 15 is 0 Å². The Hall–Kier alpha value is -2.71. The zero-order valence-electron chi connectivity index (χ0n) is 16.5. The fourth-order valence-corrected chi connectivity index (χ4v) is 3.99. The summed E-state index contributed by atoms with van der Waals surface area (Å²) in [6, 6.07) is 14.4. The second kappa shape index (κ2) is 8.75. The van der Waals surface area contributed by atoms with Gasteiger partial charge in [0.1, 0.15) is 11.3 Å². The van der Waals surface area contributed by atoms with Crippen molar-refractivity contribution < 1.29 is 13.2 Å². The van der Waals surface area contributed by atoms with Gasteiger partial charge in [-0.1, -0.05) is 19.1 Å². The molecule has 6 nitrogen and oxygen atoms in total. The zero-order chi connectivity index (χ0) is 21.0. The van der Waals surface area contributed by atoms with Gasteiger partial charge in [-0.15, -0.1) is 0 Å². The maximum absolute atomic E-state index is 11.7. The van der Waals surface area contributed by atoms with Crippen LogP contribution in [0, 0.1) is 0 Å². The topological polar surface area (TPSA) is 80.3 Å². The number of aromatic nitrogens is 1. The van der Waals surface area contributed by atoms with E-state index in [0.29, 0.717) is 15.8 Å². The number of nitrogens with zero attached hydrogens (tertiary/aromatic N) is 1. The number of thiocarbonyl (C=S) groups is 1. The van der Waals surface area contributed by atoms with E-state index in [9.17, 15) is 8.42 Å². The molecular weight excluding hydrogens is 406 g/mol. The second-order valence-corrected chi connectivity index (χ2v) is 9.04. The Kier molecular flexibility index (Phi) is 6.34. The molecule has 0 spiro atoms. The van der Waals surface area contributed by atoms with Crippen LogP contribution in [0.4, 0.5) is 5.69 Å². The van der Waals surface area contributed by atoms with E-state index in [2.05, 4.69) is 15.6 Å². The highest BCUT2D eigenvalue weighted by molar-refractivity contribution is 7.90. The molecule has 0 amide bonds. The van der Waals surface area contributed by atoms with Gasteiger partial charge in [0, 0.05) is 23.5 Å². The summed E-state index contributed by atoms with van der Waals surface area (Å²) in [6.45, 7) is 2.04. The predicted octanol–water partition coefficient (Wildman–Crippen LogP) is 4.08. The predicted molar refractivity (Wildman–Crippen MR) is 120 cm³/mol. The average molecular weight is 430 g/mol. The average Bonchev–Trinajstić information content (AvgIpc) is 2.72. The standard InChI is InChI=1S/C21H23N3O3S2/c1-4-17(14-7-9-15(10-8-14)29(3,25)26)23-21(28)24-18-11-12-19(27-2)20-16(18)6-5-13-22-20/h5-13,17H,4H2,1-3H3,(H2,23,24,28)/t17-/m0/s1. The van der Waals surface area contributed by atoms with Crippen LogP contribution in [0.2, 0.25) is 0 Å². The minimum Gasteiger partial charge on any atom is -0.494 e. The van der Waals surface area contributed by atoms with Crippen molar-refractivity contribution in [1.29, 1.82) is 0 Å². The highest BCUT2D eigenvalue weighted by Gasteiger charge is 2.14. The number of ether oxygens (including phenoxy) is 1. The van der Waals surface area contributed by atoms with Crippen LogP contribution in [-0.2, 0) is 9.84 Å². The van der Waals surface area contributed by atoms with Gasteiger partial charge in [0.2, 0.25) is 0 Å². The first-order chi connectivity index (χ1) is 13.8. The lowest BCUT2D eigenvalue weighted by molar-refractivity contribution is 0.419. The fraction of sp³-hybridized carbons (Fsp3) is 0.238. The number of pyridine rings is 1. The van der Waals surface area contributed by atoms with Crippen LogP contribution in [0.5, 0.6) is 5.75 Å². The van der Waals surface area contributed by atoms with Gasteiger partial charge in [-0.2, -0.15) is 0 Å². The zero-order valence-corrected chi connectivity index (χ0v) is 18.1. The highest BCUT2D eigenvalue weighted by atomic mass is 32.2. The Labute approximate surface area is 176 Å². The molecular formula is C21H23N3O3S2. The van der Waals surface area contributed by atoms with E-state index < -0.39 is 9.84 Å². The molecule has 0 saturated heterocycles. The molecule has 1 atom stereocenters. The lowest BCUT2D eigenvalue weighted by Crippen LogP contribution is -2.32. The molecule has 0 aliphatic rings. The van der Waals surface area contributed by atoms with Gasteiger partial charge in [0.05, 0.1) is 18.0 Å². The summed E-state index contributed by atoms with van der Waals surface area (Å²) in [7, 11) is -1.60. The molecule has 0 fully saturated rings. The quantitative estimate of drug-likeness (QED) is 0.571. The van der Waals surface area contributed by atoms with Crippen molar-refractivity contribution in [2.45, 2.75) is 24.3 Å². The summed E-state index contributed by atoms with van der Waals surface area (Å²) >= 11 is 5.52. The number of sulfone groups is 1. The molecule has 0 aliphatic heterocycles. The Morgan fingerprint density at radius 2 is 1.90 bits per heavy atom. The largest absolute Gasteiger partial charge is 0.494 e. The lowest BCUT2D eigenvalue weighted by atomic mass is 10.1. The monoisotopic (exact) mass is 429 g/mol. The number of anilines is 1. The summed E-state index contributed by atoms with van der Waals surface area (Å²) in [5, 5.41) is 7.91. The molecule has 152 valence electrons. The van der Waals surface area contributed by atoms with Crippen LogP contribution in [0.25, 0.3) is 10.9 Å². The maximum atomic E-state index is 11.7. The number of benzene rings is 2. The third kappa shape index (κ3) is 4.83. The van der Waals surface area contributed by atoms with Crippen LogP contribution in [-0.4, -0.2) is 31.9 Å². The fourth-order valence-electron chi connectivity index (χ4n) is 3.11. The van der Waals surface area contributed by atoms with Crippen molar-refractivity contribution in [2.75, 3.05) is 18.7 Å². The van der Waals surface area contributed by atoms with Gasteiger partial charge < -0.3 is 15.4 Å². The number of hydrogen-bond donors (Lipinski definition) is 2. The van der Waals surface area contributed by atoms with Crippen LogP contribution < -0.4 is 15.4 Å². The van der Waals surface area contributed by atoms with E-state index in [1.165, 1.54) is 6.26 Å². The van der Waals surface area contributed by atoms with E-state index in [4.69, 9.17) is 17.0 Å². The molecule has 29 heavy (non-hydrogen) atoms. The van der Waals surface area contributed by atoms with Crippen molar-refractivity contribution >= 4 is 43.8 Å². The van der Waals surface area contributed by atoms with Gasteiger partial charge in [-0.3, -0.25) is 4.98 Å². The Morgan fingerprint density at radius 3 is 2.52 bits per heavy atom. The van der Waals surface area contributed by atoms with Gasteiger partial charge in [-0.05, 0) is 60.6 Å². The number of hydrogen-bond acceptors (Lipinski definition) is 5. The highest BCUT2D eigenvalue weighted by Crippen LogP contribution is 2.30. The van der Waals surface area contributed by atoms with Crippen molar-refractivity contribution in [3.8, 4) is 5.75 Å². The Balaban J connectivity index is 1.78. The van der Waals surface area contributed by atoms with Crippen LogP contribution in [0.15, 0.2) is 59.6 Å². The van der Waals surface area contributed by atoms with Crippen LogP contribution in [0.1, 0.15) is 24.9 Å². The summed E-state index contributed by atoms with van der Waals surface area (Å²) in [5.74, 6) is 0.697. The van der Waals surface area contributed by atoms with E-state index in [1.54, 1.807) is 25.4 Å². The summed E-state index contributed by atoms with van der Waals surface area (Å²) in [4.78, 5) is 4.69. The molecule has 3 rings (SSSR count). The van der Waals surface area contributed by atoms with Gasteiger partial charge in [-0.25, -0.2) is 8.42 Å². The van der Waals surface area contributed by atoms with E-state index in [-0.39, 0.29) is 6.04 Å². The van der Waals surface area contributed by atoms with E-state index in [0.717, 1.165) is 28.6 Å². The molecule has 3 aromatic rings. The first-order valence-corrected chi connectivity index (χ1v) is 11.4.